The van der Waals surface area contributed by atoms with Crippen molar-refractivity contribution in [2.75, 3.05) is 11.9 Å². The predicted octanol–water partition coefficient (Wildman–Crippen LogP) is 5.43. The Hall–Kier alpha value is -3.59. The lowest BCUT2D eigenvalue weighted by Crippen LogP contribution is -2.20. The predicted molar refractivity (Wildman–Crippen MR) is 113 cm³/mol. The average molecular weight is 365 g/mol. The third-order valence-corrected chi connectivity index (χ3v) is 5.19. The molecule has 0 radical (unpaired) electrons. The first kappa shape index (κ1) is 16.6. The van der Waals surface area contributed by atoms with Crippen molar-refractivity contribution in [3.63, 3.8) is 0 Å². The van der Waals surface area contributed by atoms with Gasteiger partial charge >= 0.3 is 0 Å². The van der Waals surface area contributed by atoms with Crippen LogP contribution in [-0.4, -0.2) is 12.5 Å². The topological polar surface area (TPSA) is 38.3 Å². The Kier molecular flexibility index (Phi) is 4.06. The normalized spacial score (nSPS) is 11.7. The van der Waals surface area contributed by atoms with Gasteiger partial charge in [-0.25, -0.2) is 0 Å². The third-order valence-electron chi connectivity index (χ3n) is 5.19. The number of fused-ring (bicyclic) bond motifs is 4. The number of carbonyl (C=O) groups excluding carboxylic acids is 1. The molecule has 0 unspecified atom stereocenters. The van der Waals surface area contributed by atoms with Crippen LogP contribution >= 0.6 is 0 Å². The van der Waals surface area contributed by atoms with E-state index < -0.39 is 0 Å². The molecule has 1 amide bonds. The van der Waals surface area contributed by atoms with Crippen molar-refractivity contribution in [2.45, 2.75) is 6.42 Å². The van der Waals surface area contributed by atoms with Gasteiger partial charge in [0.1, 0.15) is 5.75 Å². The van der Waals surface area contributed by atoms with Crippen LogP contribution in [0.15, 0.2) is 84.9 Å². The molecule has 0 saturated carbocycles. The lowest BCUT2D eigenvalue weighted by Gasteiger charge is -2.11. The summed E-state index contributed by atoms with van der Waals surface area (Å²) in [7, 11) is 0. The summed E-state index contributed by atoms with van der Waals surface area (Å²) >= 11 is 0. The van der Waals surface area contributed by atoms with Gasteiger partial charge in [0.25, 0.3) is 5.91 Å². The van der Waals surface area contributed by atoms with Crippen molar-refractivity contribution < 1.29 is 9.53 Å². The fourth-order valence-corrected chi connectivity index (χ4v) is 3.88. The van der Waals surface area contributed by atoms with E-state index in [9.17, 15) is 4.79 Å². The highest BCUT2D eigenvalue weighted by Crippen LogP contribution is 2.37. The zero-order valence-electron chi connectivity index (χ0n) is 15.3. The minimum Gasteiger partial charge on any atom is -0.483 e. The van der Waals surface area contributed by atoms with Gasteiger partial charge in [-0.15, -0.1) is 0 Å². The maximum absolute atomic E-state index is 12.4. The number of benzene rings is 4. The van der Waals surface area contributed by atoms with Gasteiger partial charge in [-0.2, -0.15) is 0 Å². The Labute approximate surface area is 163 Å². The van der Waals surface area contributed by atoms with Crippen LogP contribution in [0.25, 0.3) is 21.9 Å². The van der Waals surface area contributed by atoms with Crippen LogP contribution in [0.1, 0.15) is 11.1 Å². The molecule has 28 heavy (non-hydrogen) atoms. The summed E-state index contributed by atoms with van der Waals surface area (Å²) in [6, 6.07) is 28.4. The Morgan fingerprint density at radius 3 is 2.57 bits per heavy atom. The zero-order valence-corrected chi connectivity index (χ0v) is 15.3. The number of ether oxygens (including phenoxy) is 1. The molecule has 3 heteroatoms. The van der Waals surface area contributed by atoms with Crippen LogP contribution in [0.2, 0.25) is 0 Å². The van der Waals surface area contributed by atoms with Crippen molar-refractivity contribution in [1.29, 1.82) is 0 Å². The smallest absolute Gasteiger partial charge is 0.262 e. The van der Waals surface area contributed by atoms with Crippen molar-refractivity contribution in [2.24, 2.45) is 0 Å². The van der Waals surface area contributed by atoms with Gasteiger partial charge in [-0.05, 0) is 52.3 Å². The molecule has 0 bridgehead atoms. The van der Waals surface area contributed by atoms with E-state index in [-0.39, 0.29) is 12.5 Å². The van der Waals surface area contributed by atoms with E-state index in [0.717, 1.165) is 28.6 Å². The van der Waals surface area contributed by atoms with Crippen LogP contribution in [0.3, 0.4) is 0 Å². The highest BCUT2D eigenvalue weighted by Gasteiger charge is 2.18. The van der Waals surface area contributed by atoms with E-state index >= 15 is 0 Å². The van der Waals surface area contributed by atoms with Crippen LogP contribution in [0, 0.1) is 0 Å². The Bertz CT molecular complexity index is 1190. The van der Waals surface area contributed by atoms with E-state index in [2.05, 4.69) is 41.7 Å². The maximum atomic E-state index is 12.4. The molecular formula is C25H19NO2. The first-order valence-electron chi connectivity index (χ1n) is 9.39. The van der Waals surface area contributed by atoms with Gasteiger partial charge in [-0.3, -0.25) is 4.79 Å². The molecule has 136 valence electrons. The largest absolute Gasteiger partial charge is 0.483 e. The summed E-state index contributed by atoms with van der Waals surface area (Å²) in [6.45, 7) is -0.0225. The van der Waals surface area contributed by atoms with Crippen molar-refractivity contribution in [3.8, 4) is 16.9 Å². The fraction of sp³-hybridized carbons (Fsp3) is 0.0800. The SMILES string of the molecule is O=C(COc1cccc2ccccc12)Nc1ccc2c(c1)Cc1ccccc1-2. The molecule has 0 spiro atoms. The molecule has 1 N–H and O–H groups in total. The zero-order chi connectivity index (χ0) is 18.9. The fourth-order valence-electron chi connectivity index (χ4n) is 3.88. The van der Waals surface area contributed by atoms with E-state index in [1.165, 1.54) is 22.3 Å². The molecule has 0 aliphatic heterocycles. The summed E-state index contributed by atoms with van der Waals surface area (Å²) < 4.78 is 5.78. The second-order valence-electron chi connectivity index (χ2n) is 7.02. The molecule has 1 aliphatic rings. The third kappa shape index (κ3) is 3.01. The van der Waals surface area contributed by atoms with Crippen molar-refractivity contribution >= 4 is 22.4 Å². The van der Waals surface area contributed by atoms with Gasteiger partial charge in [0.05, 0.1) is 0 Å². The number of hydrogen-bond donors (Lipinski definition) is 1. The number of nitrogens with one attached hydrogen (secondary N) is 1. The molecule has 3 nitrogen and oxygen atoms in total. The van der Waals surface area contributed by atoms with Crippen LogP contribution in [0.5, 0.6) is 5.75 Å². The minimum atomic E-state index is -0.164. The summed E-state index contributed by atoms with van der Waals surface area (Å²) in [5.74, 6) is 0.557. The highest BCUT2D eigenvalue weighted by molar-refractivity contribution is 5.93. The molecule has 1 aliphatic carbocycles. The Balaban J connectivity index is 1.28. The molecule has 0 atom stereocenters. The second kappa shape index (κ2) is 6.86. The number of hydrogen-bond acceptors (Lipinski definition) is 2. The molecule has 5 rings (SSSR count). The average Bonchev–Trinajstić information content (AvgIpc) is 3.10. The molecule has 0 aromatic heterocycles. The summed E-state index contributed by atoms with van der Waals surface area (Å²) in [4.78, 5) is 12.4. The van der Waals surface area contributed by atoms with E-state index in [1.54, 1.807) is 0 Å². The van der Waals surface area contributed by atoms with Gasteiger partial charge < -0.3 is 10.1 Å². The number of amides is 1. The molecule has 0 heterocycles. The van der Waals surface area contributed by atoms with E-state index in [1.807, 2.05) is 48.5 Å². The minimum absolute atomic E-state index is 0.0225. The van der Waals surface area contributed by atoms with Gasteiger partial charge in [0.2, 0.25) is 0 Å². The van der Waals surface area contributed by atoms with Gasteiger partial charge in [0, 0.05) is 11.1 Å². The first-order valence-corrected chi connectivity index (χ1v) is 9.39. The monoisotopic (exact) mass is 365 g/mol. The summed E-state index contributed by atoms with van der Waals surface area (Å²) in [5, 5.41) is 5.06. The standard InChI is InChI=1S/C25H19NO2/c27-25(16-28-24-11-5-8-17-6-1-4-10-23(17)24)26-20-12-13-22-19(15-20)14-18-7-2-3-9-21(18)22/h1-13,15H,14,16H2,(H,26,27). The lowest BCUT2D eigenvalue weighted by atomic mass is 10.1. The number of carbonyl (C=O) groups is 1. The molecule has 4 aromatic rings. The molecule has 0 saturated heterocycles. The Morgan fingerprint density at radius 1 is 0.821 bits per heavy atom. The Morgan fingerprint density at radius 2 is 1.61 bits per heavy atom. The van der Waals surface area contributed by atoms with E-state index in [0.29, 0.717) is 0 Å². The van der Waals surface area contributed by atoms with Gasteiger partial charge in [0.15, 0.2) is 6.61 Å². The van der Waals surface area contributed by atoms with Gasteiger partial charge in [-0.1, -0.05) is 66.7 Å². The summed E-state index contributed by atoms with van der Waals surface area (Å²) in [5.41, 5.74) is 5.92. The highest BCUT2D eigenvalue weighted by atomic mass is 16.5. The molecule has 4 aromatic carbocycles. The van der Waals surface area contributed by atoms with Crippen molar-refractivity contribution in [3.05, 3.63) is 96.1 Å². The quantitative estimate of drug-likeness (QED) is 0.461. The number of rotatable bonds is 4. The maximum Gasteiger partial charge on any atom is 0.262 e. The van der Waals surface area contributed by atoms with Crippen LogP contribution in [-0.2, 0) is 11.2 Å². The van der Waals surface area contributed by atoms with E-state index in [4.69, 9.17) is 4.74 Å². The molecular weight excluding hydrogens is 346 g/mol. The van der Waals surface area contributed by atoms with Crippen LogP contribution < -0.4 is 10.1 Å². The van der Waals surface area contributed by atoms with Crippen LogP contribution in [0.4, 0.5) is 5.69 Å². The second-order valence-corrected chi connectivity index (χ2v) is 7.02. The number of anilines is 1. The first-order chi connectivity index (χ1) is 13.8. The lowest BCUT2D eigenvalue weighted by molar-refractivity contribution is -0.118. The van der Waals surface area contributed by atoms with Crippen molar-refractivity contribution in [1.82, 2.24) is 0 Å². The molecule has 0 fully saturated rings. The summed E-state index contributed by atoms with van der Waals surface area (Å²) in [6.07, 6.45) is 0.904.